The molecule has 4 N–H and O–H groups in total. The summed E-state index contributed by atoms with van der Waals surface area (Å²) in [5.74, 6) is 0.197. The van der Waals surface area contributed by atoms with E-state index in [1.807, 2.05) is 0 Å². The Morgan fingerprint density at radius 2 is 2.12 bits per heavy atom. The maximum atomic E-state index is 5.32. The van der Waals surface area contributed by atoms with Gasteiger partial charge in [0.1, 0.15) is 11.4 Å². The summed E-state index contributed by atoms with van der Waals surface area (Å²) in [5.41, 5.74) is 11.6. The maximum absolute atomic E-state index is 5.32. The molecule has 0 unspecified atom stereocenters. The van der Waals surface area contributed by atoms with Crippen molar-refractivity contribution in [3.8, 4) is 0 Å². The van der Waals surface area contributed by atoms with E-state index in [-0.39, 0.29) is 5.88 Å². The van der Waals surface area contributed by atoms with Gasteiger partial charge in [-0.05, 0) is 6.92 Å². The van der Waals surface area contributed by atoms with E-state index >= 15 is 0 Å². The number of aromatic nitrogens is 1. The molecule has 44 valence electrons. The minimum absolute atomic E-state index is 0.197. The van der Waals surface area contributed by atoms with E-state index < -0.39 is 0 Å². The highest BCUT2D eigenvalue weighted by Gasteiger charge is 2.02. The predicted octanol–water partition coefficient (Wildman–Crippen LogP) is 0.147. The summed E-state index contributed by atoms with van der Waals surface area (Å²) in [7, 11) is 0. The Balaban J connectivity index is 3.19. The minimum Gasteiger partial charge on any atom is -0.393 e. The van der Waals surface area contributed by atoms with E-state index in [4.69, 9.17) is 11.5 Å². The Morgan fingerprint density at radius 1 is 1.50 bits per heavy atom. The van der Waals surface area contributed by atoms with Crippen molar-refractivity contribution >= 4 is 11.6 Å². The molecule has 1 aromatic rings. The van der Waals surface area contributed by atoms with Crippen LogP contribution in [0, 0.1) is 6.92 Å². The monoisotopic (exact) mass is 113 g/mol. The third-order valence-electron chi connectivity index (χ3n) is 0.936. The second kappa shape index (κ2) is 1.40. The Bertz CT molecular complexity index is 174. The van der Waals surface area contributed by atoms with Gasteiger partial charge < -0.3 is 16.0 Å². The van der Waals surface area contributed by atoms with Crippen LogP contribution in [0.4, 0.5) is 11.6 Å². The second-order valence-electron chi connectivity index (χ2n) is 1.55. The van der Waals surface area contributed by atoms with Crippen LogP contribution >= 0.6 is 0 Å². The van der Waals surface area contributed by atoms with Crippen molar-refractivity contribution in [2.75, 3.05) is 11.5 Å². The molecule has 0 spiro atoms. The number of nitrogens with two attached hydrogens (primary N) is 2. The van der Waals surface area contributed by atoms with Gasteiger partial charge in [0.2, 0.25) is 5.88 Å². The number of hydrogen-bond donors (Lipinski definition) is 2. The fourth-order valence-corrected chi connectivity index (χ4v) is 0.394. The summed E-state index contributed by atoms with van der Waals surface area (Å²) in [6.45, 7) is 1.73. The average molecular weight is 113 g/mol. The molecule has 1 aromatic heterocycles. The molecule has 0 saturated carbocycles. The van der Waals surface area contributed by atoms with Gasteiger partial charge in [-0.3, -0.25) is 0 Å². The third-order valence-corrected chi connectivity index (χ3v) is 0.936. The summed E-state index contributed by atoms with van der Waals surface area (Å²) >= 11 is 0. The molecule has 0 amide bonds. The predicted molar refractivity (Wildman–Crippen MR) is 30.1 cm³/mol. The summed E-state index contributed by atoms with van der Waals surface area (Å²) < 4.78 is 4.50. The highest BCUT2D eigenvalue weighted by molar-refractivity contribution is 5.58. The molecule has 0 aliphatic carbocycles. The zero-order chi connectivity index (χ0) is 6.15. The van der Waals surface area contributed by atoms with Gasteiger partial charge in [0.15, 0.2) is 0 Å². The summed E-state index contributed by atoms with van der Waals surface area (Å²) in [5, 5.41) is 3.49. The standard InChI is InChI=1S/C4H7N3O/c1-2-3(5)4(6)8-7-2/h5-6H2,1H3. The van der Waals surface area contributed by atoms with Crippen molar-refractivity contribution in [2.24, 2.45) is 0 Å². The Labute approximate surface area is 46.4 Å². The smallest absolute Gasteiger partial charge is 0.245 e. The van der Waals surface area contributed by atoms with Gasteiger partial charge in [0.25, 0.3) is 0 Å². The van der Waals surface area contributed by atoms with Gasteiger partial charge in [-0.2, -0.15) is 0 Å². The summed E-state index contributed by atoms with van der Waals surface area (Å²) in [4.78, 5) is 0. The highest BCUT2D eigenvalue weighted by atomic mass is 16.5. The first-order valence-electron chi connectivity index (χ1n) is 2.19. The number of nitrogen functional groups attached to an aromatic ring is 2. The molecule has 0 saturated heterocycles. The fourth-order valence-electron chi connectivity index (χ4n) is 0.394. The van der Waals surface area contributed by atoms with Crippen LogP contribution in [0.25, 0.3) is 0 Å². The molecular formula is C4H7N3O. The highest BCUT2D eigenvalue weighted by Crippen LogP contribution is 2.16. The van der Waals surface area contributed by atoms with Crippen molar-refractivity contribution in [1.82, 2.24) is 5.16 Å². The molecule has 0 aliphatic heterocycles. The van der Waals surface area contributed by atoms with E-state index in [9.17, 15) is 0 Å². The molecule has 0 fully saturated rings. The van der Waals surface area contributed by atoms with Crippen molar-refractivity contribution in [2.45, 2.75) is 6.92 Å². The van der Waals surface area contributed by atoms with Crippen LogP contribution in [0.3, 0.4) is 0 Å². The first-order valence-corrected chi connectivity index (χ1v) is 2.19. The molecule has 0 atom stereocenters. The first kappa shape index (κ1) is 4.96. The lowest BCUT2D eigenvalue weighted by Gasteiger charge is -1.81. The van der Waals surface area contributed by atoms with Gasteiger partial charge in [0.05, 0.1) is 0 Å². The Morgan fingerprint density at radius 3 is 2.25 bits per heavy atom. The van der Waals surface area contributed by atoms with E-state index in [1.165, 1.54) is 0 Å². The molecule has 0 radical (unpaired) electrons. The fraction of sp³-hybridized carbons (Fsp3) is 0.250. The number of anilines is 2. The Kier molecular flexibility index (Phi) is 0.865. The van der Waals surface area contributed by atoms with Gasteiger partial charge in [-0.1, -0.05) is 5.16 Å². The maximum Gasteiger partial charge on any atom is 0.245 e. The number of hydrogen-bond acceptors (Lipinski definition) is 4. The largest absolute Gasteiger partial charge is 0.393 e. The summed E-state index contributed by atoms with van der Waals surface area (Å²) in [6, 6.07) is 0. The van der Waals surface area contributed by atoms with Crippen molar-refractivity contribution in [3.63, 3.8) is 0 Å². The Hall–Kier alpha value is -1.19. The van der Waals surface area contributed by atoms with Crippen LogP contribution < -0.4 is 11.5 Å². The number of aryl methyl sites for hydroxylation is 1. The third kappa shape index (κ3) is 0.501. The van der Waals surface area contributed by atoms with Crippen LogP contribution in [-0.4, -0.2) is 5.16 Å². The molecule has 8 heavy (non-hydrogen) atoms. The van der Waals surface area contributed by atoms with Gasteiger partial charge in [-0.15, -0.1) is 0 Å². The van der Waals surface area contributed by atoms with Crippen molar-refractivity contribution in [1.29, 1.82) is 0 Å². The van der Waals surface area contributed by atoms with Gasteiger partial charge in [0, 0.05) is 0 Å². The zero-order valence-corrected chi connectivity index (χ0v) is 4.51. The lowest BCUT2D eigenvalue weighted by molar-refractivity contribution is 0.431. The van der Waals surface area contributed by atoms with Crippen LogP contribution in [0.5, 0.6) is 0 Å². The van der Waals surface area contributed by atoms with E-state index in [2.05, 4.69) is 9.68 Å². The van der Waals surface area contributed by atoms with Crippen LogP contribution in [0.2, 0.25) is 0 Å². The average Bonchev–Trinajstić information content (AvgIpc) is 1.98. The van der Waals surface area contributed by atoms with Crippen LogP contribution in [0.15, 0.2) is 4.52 Å². The van der Waals surface area contributed by atoms with Crippen molar-refractivity contribution < 1.29 is 4.52 Å². The molecule has 4 heteroatoms. The lowest BCUT2D eigenvalue weighted by atomic mass is 10.4. The van der Waals surface area contributed by atoms with E-state index in [0.717, 1.165) is 0 Å². The van der Waals surface area contributed by atoms with Gasteiger partial charge >= 0.3 is 0 Å². The molecule has 0 bridgehead atoms. The molecule has 0 aromatic carbocycles. The minimum atomic E-state index is 0.197. The topological polar surface area (TPSA) is 78.1 Å². The molecule has 1 rings (SSSR count). The van der Waals surface area contributed by atoms with Crippen molar-refractivity contribution in [3.05, 3.63) is 5.69 Å². The molecule has 4 nitrogen and oxygen atoms in total. The quantitative estimate of drug-likeness (QED) is 0.502. The number of nitrogens with zero attached hydrogens (tertiary/aromatic N) is 1. The summed E-state index contributed by atoms with van der Waals surface area (Å²) in [6.07, 6.45) is 0. The first-order chi connectivity index (χ1) is 3.72. The second-order valence-corrected chi connectivity index (χ2v) is 1.55. The van der Waals surface area contributed by atoms with E-state index in [0.29, 0.717) is 11.4 Å². The molecule has 0 aliphatic rings. The zero-order valence-electron chi connectivity index (χ0n) is 4.51. The van der Waals surface area contributed by atoms with Gasteiger partial charge in [-0.25, -0.2) is 0 Å². The molecule has 1 heterocycles. The van der Waals surface area contributed by atoms with Crippen LogP contribution in [-0.2, 0) is 0 Å². The SMILES string of the molecule is Cc1noc(N)c1N. The lowest BCUT2D eigenvalue weighted by Crippen LogP contribution is -1.90. The van der Waals surface area contributed by atoms with Crippen LogP contribution in [0.1, 0.15) is 5.69 Å². The number of rotatable bonds is 0. The normalized spacial score (nSPS) is 9.62. The molecular weight excluding hydrogens is 106 g/mol. The van der Waals surface area contributed by atoms with E-state index in [1.54, 1.807) is 6.92 Å².